The minimum Gasteiger partial charge on any atom is -0.488 e. The minimum atomic E-state index is 0.284. The molecular weight excluding hydrogens is 397 g/mol. The Morgan fingerprint density at radius 2 is 1.64 bits per heavy atom. The standard InChI is InChI=1S/C22H19Cl2NO3/c23-18-5-3-6-19(24)17(18)13-26-20-7-2-1-4-16(20)12-25-11-15-8-9-21-22(10-15)28-14-27-21/h1-10,25H,11-14H2. The maximum atomic E-state index is 6.23. The van der Waals surface area contributed by atoms with E-state index in [-0.39, 0.29) is 6.79 Å². The molecule has 0 fully saturated rings. The number of hydrogen-bond acceptors (Lipinski definition) is 4. The zero-order chi connectivity index (χ0) is 19.3. The summed E-state index contributed by atoms with van der Waals surface area (Å²) in [5.74, 6) is 2.39. The van der Waals surface area contributed by atoms with Gasteiger partial charge in [-0.3, -0.25) is 0 Å². The topological polar surface area (TPSA) is 39.7 Å². The molecule has 28 heavy (non-hydrogen) atoms. The first-order valence-corrected chi connectivity index (χ1v) is 9.69. The molecule has 0 bridgehead atoms. The third-order valence-electron chi connectivity index (χ3n) is 4.49. The van der Waals surface area contributed by atoms with Gasteiger partial charge < -0.3 is 19.5 Å². The van der Waals surface area contributed by atoms with E-state index in [1.807, 2.05) is 60.7 Å². The zero-order valence-corrected chi connectivity index (χ0v) is 16.6. The first kappa shape index (κ1) is 18.9. The first-order valence-electron chi connectivity index (χ1n) is 8.93. The molecule has 3 aromatic rings. The van der Waals surface area contributed by atoms with E-state index in [2.05, 4.69) is 5.32 Å². The van der Waals surface area contributed by atoms with Crippen LogP contribution in [-0.4, -0.2) is 6.79 Å². The third kappa shape index (κ3) is 4.36. The van der Waals surface area contributed by atoms with Crippen LogP contribution in [0.25, 0.3) is 0 Å². The third-order valence-corrected chi connectivity index (χ3v) is 5.20. The number of fused-ring (bicyclic) bond motifs is 1. The molecule has 0 aromatic heterocycles. The van der Waals surface area contributed by atoms with Crippen LogP contribution in [0, 0.1) is 0 Å². The van der Waals surface area contributed by atoms with Crippen LogP contribution >= 0.6 is 23.2 Å². The Kier molecular flexibility index (Phi) is 5.91. The van der Waals surface area contributed by atoms with Gasteiger partial charge in [-0.1, -0.05) is 53.5 Å². The predicted molar refractivity (Wildman–Crippen MR) is 110 cm³/mol. The quantitative estimate of drug-likeness (QED) is 0.545. The molecule has 144 valence electrons. The van der Waals surface area contributed by atoms with Crippen LogP contribution in [0.5, 0.6) is 17.2 Å². The van der Waals surface area contributed by atoms with E-state index in [1.54, 1.807) is 0 Å². The van der Waals surface area contributed by atoms with E-state index in [4.69, 9.17) is 37.4 Å². The smallest absolute Gasteiger partial charge is 0.231 e. The Morgan fingerprint density at radius 3 is 2.50 bits per heavy atom. The van der Waals surface area contributed by atoms with Gasteiger partial charge in [0.15, 0.2) is 11.5 Å². The highest BCUT2D eigenvalue weighted by Crippen LogP contribution is 2.32. The van der Waals surface area contributed by atoms with Crippen molar-refractivity contribution in [3.05, 3.63) is 87.4 Å². The Morgan fingerprint density at radius 1 is 0.857 bits per heavy atom. The summed E-state index contributed by atoms with van der Waals surface area (Å²) in [6.45, 7) is 1.98. The van der Waals surface area contributed by atoms with Gasteiger partial charge in [0.2, 0.25) is 6.79 Å². The van der Waals surface area contributed by atoms with Crippen LogP contribution in [0.4, 0.5) is 0 Å². The van der Waals surface area contributed by atoms with Gasteiger partial charge >= 0.3 is 0 Å². The van der Waals surface area contributed by atoms with Gasteiger partial charge in [-0.15, -0.1) is 0 Å². The number of halogens is 2. The highest BCUT2D eigenvalue weighted by atomic mass is 35.5. The van der Waals surface area contributed by atoms with E-state index in [0.29, 0.717) is 29.7 Å². The summed E-state index contributed by atoms with van der Waals surface area (Å²) in [6, 6.07) is 19.3. The Labute approximate surface area is 173 Å². The van der Waals surface area contributed by atoms with Crippen molar-refractivity contribution < 1.29 is 14.2 Å². The van der Waals surface area contributed by atoms with Gasteiger partial charge in [0, 0.05) is 34.3 Å². The molecule has 0 atom stereocenters. The molecule has 0 aliphatic carbocycles. The highest BCUT2D eigenvalue weighted by Gasteiger charge is 2.13. The molecule has 4 nitrogen and oxygen atoms in total. The number of nitrogens with one attached hydrogen (secondary N) is 1. The molecule has 4 rings (SSSR count). The molecule has 1 N–H and O–H groups in total. The number of para-hydroxylation sites is 1. The Balaban J connectivity index is 1.38. The van der Waals surface area contributed by atoms with Gasteiger partial charge in [0.05, 0.1) is 0 Å². The molecule has 0 saturated heterocycles. The molecule has 1 aliphatic heterocycles. The maximum Gasteiger partial charge on any atom is 0.231 e. The largest absolute Gasteiger partial charge is 0.488 e. The second-order valence-corrected chi connectivity index (χ2v) is 7.20. The average molecular weight is 416 g/mol. The van der Waals surface area contributed by atoms with E-state index in [1.165, 1.54) is 0 Å². The lowest BCUT2D eigenvalue weighted by molar-refractivity contribution is 0.174. The zero-order valence-electron chi connectivity index (χ0n) is 15.1. The molecule has 0 radical (unpaired) electrons. The molecule has 0 saturated carbocycles. The highest BCUT2D eigenvalue weighted by molar-refractivity contribution is 6.35. The molecule has 1 heterocycles. The molecule has 3 aromatic carbocycles. The number of benzene rings is 3. The maximum absolute atomic E-state index is 6.23. The first-order chi connectivity index (χ1) is 13.7. The summed E-state index contributed by atoms with van der Waals surface area (Å²) in [6.07, 6.45) is 0. The molecular formula is C22H19Cl2NO3. The molecule has 0 unspecified atom stereocenters. The van der Waals surface area contributed by atoms with E-state index in [0.717, 1.165) is 33.9 Å². The molecule has 1 aliphatic rings. The van der Waals surface area contributed by atoms with Crippen molar-refractivity contribution in [2.45, 2.75) is 19.7 Å². The van der Waals surface area contributed by atoms with Gasteiger partial charge in [-0.2, -0.15) is 0 Å². The van der Waals surface area contributed by atoms with E-state index in [9.17, 15) is 0 Å². The average Bonchev–Trinajstić information content (AvgIpc) is 3.16. The van der Waals surface area contributed by atoms with Crippen LogP contribution in [0.1, 0.15) is 16.7 Å². The summed E-state index contributed by atoms with van der Waals surface area (Å²) in [5.41, 5.74) is 2.98. The summed E-state index contributed by atoms with van der Waals surface area (Å²) in [7, 11) is 0. The van der Waals surface area contributed by atoms with Crippen molar-refractivity contribution in [1.82, 2.24) is 5.32 Å². The fourth-order valence-corrected chi connectivity index (χ4v) is 3.51. The number of hydrogen-bond donors (Lipinski definition) is 1. The monoisotopic (exact) mass is 415 g/mol. The van der Waals surface area contributed by atoms with Crippen LogP contribution in [0.2, 0.25) is 10.0 Å². The van der Waals surface area contributed by atoms with Crippen LogP contribution < -0.4 is 19.5 Å². The summed E-state index contributed by atoms with van der Waals surface area (Å²) in [4.78, 5) is 0. The van der Waals surface area contributed by atoms with Crippen LogP contribution in [-0.2, 0) is 19.7 Å². The predicted octanol–water partition coefficient (Wildman–Crippen LogP) is 5.59. The van der Waals surface area contributed by atoms with Gasteiger partial charge in [-0.05, 0) is 35.9 Å². The van der Waals surface area contributed by atoms with Crippen molar-refractivity contribution in [3.63, 3.8) is 0 Å². The normalized spacial score (nSPS) is 12.2. The van der Waals surface area contributed by atoms with Crippen molar-refractivity contribution in [2.24, 2.45) is 0 Å². The van der Waals surface area contributed by atoms with E-state index >= 15 is 0 Å². The fourth-order valence-electron chi connectivity index (χ4n) is 3.00. The molecule has 6 heteroatoms. The van der Waals surface area contributed by atoms with Gasteiger partial charge in [0.25, 0.3) is 0 Å². The Bertz CT molecular complexity index is 957. The summed E-state index contributed by atoms with van der Waals surface area (Å²) < 4.78 is 16.8. The summed E-state index contributed by atoms with van der Waals surface area (Å²) >= 11 is 12.5. The second-order valence-electron chi connectivity index (χ2n) is 6.39. The van der Waals surface area contributed by atoms with Gasteiger partial charge in [-0.25, -0.2) is 0 Å². The lowest BCUT2D eigenvalue weighted by Crippen LogP contribution is -2.13. The van der Waals surface area contributed by atoms with Crippen molar-refractivity contribution in [1.29, 1.82) is 0 Å². The number of ether oxygens (including phenoxy) is 3. The lowest BCUT2D eigenvalue weighted by atomic mass is 10.1. The Hall–Kier alpha value is -2.40. The molecule has 0 spiro atoms. The lowest BCUT2D eigenvalue weighted by Gasteiger charge is -2.14. The number of rotatable bonds is 7. The SMILES string of the molecule is Clc1cccc(Cl)c1COc1ccccc1CNCc1ccc2c(c1)OCO2. The van der Waals surface area contributed by atoms with E-state index < -0.39 is 0 Å². The second kappa shape index (κ2) is 8.74. The van der Waals surface area contributed by atoms with Crippen LogP contribution in [0.3, 0.4) is 0 Å². The van der Waals surface area contributed by atoms with Gasteiger partial charge in [0.1, 0.15) is 12.4 Å². The fraction of sp³-hybridized carbons (Fsp3) is 0.182. The van der Waals surface area contributed by atoms with Crippen molar-refractivity contribution >= 4 is 23.2 Å². The molecule has 0 amide bonds. The van der Waals surface area contributed by atoms with Crippen molar-refractivity contribution in [2.75, 3.05) is 6.79 Å². The van der Waals surface area contributed by atoms with Crippen LogP contribution in [0.15, 0.2) is 60.7 Å². The summed E-state index contributed by atoms with van der Waals surface area (Å²) in [5, 5.41) is 4.65. The van der Waals surface area contributed by atoms with Crippen molar-refractivity contribution in [3.8, 4) is 17.2 Å². The minimum absolute atomic E-state index is 0.284.